The number of carbonyl (C=O) groups is 2. The van der Waals surface area contributed by atoms with Crippen LogP contribution in [-0.4, -0.2) is 17.9 Å². The second-order valence-corrected chi connectivity index (χ2v) is 7.27. The molecular formula is C23H28N2O2. The molecule has 1 aliphatic carbocycles. The Hall–Kier alpha value is -2.62. The molecule has 0 aromatic heterocycles. The molecule has 0 radical (unpaired) electrons. The van der Waals surface area contributed by atoms with Gasteiger partial charge in [-0.05, 0) is 55.5 Å². The molecule has 1 aliphatic rings. The summed E-state index contributed by atoms with van der Waals surface area (Å²) in [6.45, 7) is 0. The fourth-order valence-corrected chi connectivity index (χ4v) is 3.54. The Bertz CT molecular complexity index is 735. The number of nitrogens with one attached hydrogen (secondary N) is 2. The molecule has 4 heteroatoms. The highest BCUT2D eigenvalue weighted by Gasteiger charge is 2.16. The molecule has 0 heterocycles. The van der Waals surface area contributed by atoms with E-state index >= 15 is 0 Å². The quantitative estimate of drug-likeness (QED) is 0.747. The van der Waals surface area contributed by atoms with Gasteiger partial charge in [0.1, 0.15) is 0 Å². The van der Waals surface area contributed by atoms with Crippen LogP contribution in [0.15, 0.2) is 54.6 Å². The Kier molecular flexibility index (Phi) is 7.03. The zero-order chi connectivity index (χ0) is 18.9. The number of carbonyl (C=O) groups excluding carboxylic acids is 2. The monoisotopic (exact) mass is 364 g/mol. The molecule has 27 heavy (non-hydrogen) atoms. The first-order chi connectivity index (χ1) is 13.2. The van der Waals surface area contributed by atoms with Crippen molar-refractivity contribution in [1.29, 1.82) is 0 Å². The third-order valence-corrected chi connectivity index (χ3v) is 5.08. The van der Waals surface area contributed by atoms with Crippen molar-refractivity contribution in [3.63, 3.8) is 0 Å². The minimum absolute atomic E-state index is 0.00494. The molecule has 0 unspecified atom stereocenters. The van der Waals surface area contributed by atoms with Crippen LogP contribution in [-0.2, 0) is 11.2 Å². The summed E-state index contributed by atoms with van der Waals surface area (Å²) in [5.41, 5.74) is 2.62. The van der Waals surface area contributed by atoms with E-state index in [2.05, 4.69) is 22.8 Å². The smallest absolute Gasteiger partial charge is 0.251 e. The summed E-state index contributed by atoms with van der Waals surface area (Å²) in [6, 6.07) is 17.6. The van der Waals surface area contributed by atoms with Crippen molar-refractivity contribution in [3.8, 4) is 0 Å². The first kappa shape index (κ1) is 19.2. The first-order valence-electron chi connectivity index (χ1n) is 9.95. The molecule has 2 N–H and O–H groups in total. The SMILES string of the molecule is O=C(CCCc1ccccc1)Nc1ccc(C(=O)NC2CCCCC2)cc1. The number of rotatable bonds is 7. The number of aryl methyl sites for hydroxylation is 1. The van der Waals surface area contributed by atoms with Gasteiger partial charge in [-0.25, -0.2) is 0 Å². The van der Waals surface area contributed by atoms with Gasteiger partial charge in [-0.3, -0.25) is 9.59 Å². The highest BCUT2D eigenvalue weighted by Crippen LogP contribution is 2.18. The molecule has 0 aliphatic heterocycles. The van der Waals surface area contributed by atoms with Crippen LogP contribution < -0.4 is 10.6 Å². The van der Waals surface area contributed by atoms with E-state index in [0.717, 1.165) is 31.4 Å². The summed E-state index contributed by atoms with van der Waals surface area (Å²) in [5.74, 6) is -0.0204. The summed E-state index contributed by atoms with van der Waals surface area (Å²) < 4.78 is 0. The maximum Gasteiger partial charge on any atom is 0.251 e. The fraction of sp³-hybridized carbons (Fsp3) is 0.391. The van der Waals surface area contributed by atoms with Crippen molar-refractivity contribution >= 4 is 17.5 Å². The molecular weight excluding hydrogens is 336 g/mol. The lowest BCUT2D eigenvalue weighted by Crippen LogP contribution is -2.36. The first-order valence-corrected chi connectivity index (χ1v) is 9.95. The van der Waals surface area contributed by atoms with Gasteiger partial charge >= 0.3 is 0 Å². The zero-order valence-electron chi connectivity index (χ0n) is 15.7. The minimum atomic E-state index is -0.0253. The standard InChI is InChI=1S/C23H28N2O2/c26-22(13-7-10-18-8-3-1-4-9-18)24-21-16-14-19(15-17-21)23(27)25-20-11-5-2-6-12-20/h1,3-4,8-9,14-17,20H,2,5-7,10-13H2,(H,24,26)(H,25,27). The van der Waals surface area contributed by atoms with E-state index < -0.39 is 0 Å². The van der Waals surface area contributed by atoms with Crippen LogP contribution >= 0.6 is 0 Å². The van der Waals surface area contributed by atoms with Crippen molar-refractivity contribution in [1.82, 2.24) is 5.32 Å². The van der Waals surface area contributed by atoms with Crippen LogP contribution in [0.3, 0.4) is 0 Å². The third kappa shape index (κ3) is 6.24. The van der Waals surface area contributed by atoms with E-state index in [-0.39, 0.29) is 11.8 Å². The second-order valence-electron chi connectivity index (χ2n) is 7.27. The maximum absolute atomic E-state index is 12.3. The van der Waals surface area contributed by atoms with Crippen LogP contribution in [0.25, 0.3) is 0 Å². The van der Waals surface area contributed by atoms with Gasteiger partial charge in [0, 0.05) is 23.7 Å². The lowest BCUT2D eigenvalue weighted by atomic mass is 9.95. The van der Waals surface area contributed by atoms with Crippen LogP contribution in [0.2, 0.25) is 0 Å². The number of hydrogen-bond donors (Lipinski definition) is 2. The van der Waals surface area contributed by atoms with Gasteiger partial charge in [0.25, 0.3) is 5.91 Å². The van der Waals surface area contributed by atoms with Gasteiger partial charge in [0.2, 0.25) is 5.91 Å². The fourth-order valence-electron chi connectivity index (χ4n) is 3.54. The van der Waals surface area contributed by atoms with Gasteiger partial charge in [0.05, 0.1) is 0 Å². The average Bonchev–Trinajstić information content (AvgIpc) is 2.70. The maximum atomic E-state index is 12.3. The van der Waals surface area contributed by atoms with Crippen LogP contribution in [0.5, 0.6) is 0 Å². The van der Waals surface area contributed by atoms with Crippen molar-refractivity contribution < 1.29 is 9.59 Å². The van der Waals surface area contributed by atoms with Crippen LogP contribution in [0, 0.1) is 0 Å². The van der Waals surface area contributed by atoms with E-state index in [1.807, 2.05) is 18.2 Å². The molecule has 2 aromatic carbocycles. The molecule has 2 amide bonds. The highest BCUT2D eigenvalue weighted by atomic mass is 16.2. The molecule has 4 nitrogen and oxygen atoms in total. The summed E-state index contributed by atoms with van der Waals surface area (Å²) in [5, 5.41) is 6.02. The number of amides is 2. The zero-order valence-corrected chi connectivity index (χ0v) is 15.7. The van der Waals surface area contributed by atoms with E-state index in [0.29, 0.717) is 18.0 Å². The Morgan fingerprint density at radius 2 is 1.59 bits per heavy atom. The van der Waals surface area contributed by atoms with Crippen LogP contribution in [0.4, 0.5) is 5.69 Å². The van der Waals surface area contributed by atoms with Gasteiger partial charge in [-0.1, -0.05) is 49.6 Å². The van der Waals surface area contributed by atoms with Gasteiger partial charge in [0.15, 0.2) is 0 Å². The average molecular weight is 364 g/mol. The van der Waals surface area contributed by atoms with Gasteiger partial charge in [-0.2, -0.15) is 0 Å². The number of anilines is 1. The van der Waals surface area contributed by atoms with E-state index in [1.54, 1.807) is 24.3 Å². The predicted octanol–water partition coefficient (Wildman–Crippen LogP) is 4.71. The highest BCUT2D eigenvalue weighted by molar-refractivity contribution is 5.96. The largest absolute Gasteiger partial charge is 0.349 e. The molecule has 1 saturated carbocycles. The summed E-state index contributed by atoms with van der Waals surface area (Å²) in [4.78, 5) is 24.4. The number of hydrogen-bond acceptors (Lipinski definition) is 2. The molecule has 2 aromatic rings. The predicted molar refractivity (Wildman–Crippen MR) is 109 cm³/mol. The third-order valence-electron chi connectivity index (χ3n) is 5.08. The Morgan fingerprint density at radius 3 is 2.30 bits per heavy atom. The second kappa shape index (κ2) is 9.91. The normalized spacial score (nSPS) is 14.5. The molecule has 0 bridgehead atoms. The van der Waals surface area contributed by atoms with E-state index in [9.17, 15) is 9.59 Å². The lowest BCUT2D eigenvalue weighted by molar-refractivity contribution is -0.116. The lowest BCUT2D eigenvalue weighted by Gasteiger charge is -2.22. The van der Waals surface area contributed by atoms with E-state index in [4.69, 9.17) is 0 Å². The van der Waals surface area contributed by atoms with Crippen molar-refractivity contribution in [2.75, 3.05) is 5.32 Å². The van der Waals surface area contributed by atoms with E-state index in [1.165, 1.54) is 24.8 Å². The Balaban J connectivity index is 1.42. The Labute approximate surface area is 161 Å². The molecule has 1 fully saturated rings. The Morgan fingerprint density at radius 1 is 0.889 bits per heavy atom. The number of benzene rings is 2. The summed E-state index contributed by atoms with van der Waals surface area (Å²) in [7, 11) is 0. The molecule has 142 valence electrons. The summed E-state index contributed by atoms with van der Waals surface area (Å²) in [6.07, 6.45) is 8.00. The molecule has 0 saturated heterocycles. The molecule has 0 atom stereocenters. The topological polar surface area (TPSA) is 58.2 Å². The van der Waals surface area contributed by atoms with Crippen LogP contribution in [0.1, 0.15) is 60.9 Å². The van der Waals surface area contributed by atoms with Gasteiger partial charge < -0.3 is 10.6 Å². The minimum Gasteiger partial charge on any atom is -0.349 e. The van der Waals surface area contributed by atoms with Gasteiger partial charge in [-0.15, -0.1) is 0 Å². The molecule has 3 rings (SSSR count). The van der Waals surface area contributed by atoms with Crippen molar-refractivity contribution in [2.24, 2.45) is 0 Å². The van der Waals surface area contributed by atoms with Crippen molar-refractivity contribution in [3.05, 3.63) is 65.7 Å². The summed E-state index contributed by atoms with van der Waals surface area (Å²) >= 11 is 0. The van der Waals surface area contributed by atoms with Crippen molar-refractivity contribution in [2.45, 2.75) is 57.4 Å². The molecule has 0 spiro atoms.